The first-order valence-corrected chi connectivity index (χ1v) is 4.62. The second-order valence-electron chi connectivity index (χ2n) is 2.32. The molecule has 0 aliphatic carbocycles. The van der Waals surface area contributed by atoms with Crippen molar-refractivity contribution in [2.75, 3.05) is 6.26 Å². The number of thioether (sulfide) groups is 1. The average Bonchev–Trinajstić information content (AvgIpc) is 2.05. The Morgan fingerprint density at radius 2 is 2.25 bits per heavy atom. The Bertz CT molecular complexity index is 312. The molecule has 0 atom stereocenters. The number of carboxylic acid groups (broad SMARTS) is 1. The van der Waals surface area contributed by atoms with E-state index in [0.717, 1.165) is 5.03 Å². The summed E-state index contributed by atoms with van der Waals surface area (Å²) in [6.45, 7) is 1.74. The molecule has 0 spiro atoms. The molecule has 1 rings (SSSR count). The second-order valence-corrected chi connectivity index (χ2v) is 3.15. The summed E-state index contributed by atoms with van der Waals surface area (Å²) in [4.78, 5) is 14.6. The summed E-state index contributed by atoms with van der Waals surface area (Å²) >= 11 is 1.43. The fourth-order valence-electron chi connectivity index (χ4n) is 0.841. The highest BCUT2D eigenvalue weighted by atomic mass is 32.2. The Kier molecular flexibility index (Phi) is 2.70. The third kappa shape index (κ3) is 1.76. The minimum absolute atomic E-state index is 0.141. The summed E-state index contributed by atoms with van der Waals surface area (Å²) in [5.74, 6) is -0.969. The molecule has 0 saturated carbocycles. The summed E-state index contributed by atoms with van der Waals surface area (Å²) in [5.41, 5.74) is 0.835. The van der Waals surface area contributed by atoms with Gasteiger partial charge in [0.1, 0.15) is 0 Å². The number of carbonyl (C=O) groups is 1. The molecule has 0 saturated heterocycles. The van der Waals surface area contributed by atoms with Gasteiger partial charge in [0.05, 0.1) is 5.03 Å². The Labute approximate surface area is 74.8 Å². The van der Waals surface area contributed by atoms with E-state index in [1.807, 2.05) is 12.3 Å². The SMILES string of the molecule is CSc1ccc(C)c(C(=O)O)n1. The van der Waals surface area contributed by atoms with Crippen molar-refractivity contribution < 1.29 is 9.90 Å². The van der Waals surface area contributed by atoms with Gasteiger partial charge in [0.15, 0.2) is 5.69 Å². The number of hydrogen-bond donors (Lipinski definition) is 1. The summed E-state index contributed by atoms with van der Waals surface area (Å²) in [7, 11) is 0. The van der Waals surface area contributed by atoms with Gasteiger partial charge in [-0.05, 0) is 24.8 Å². The maximum atomic E-state index is 10.6. The lowest BCUT2D eigenvalue weighted by atomic mass is 10.2. The molecule has 0 amide bonds. The summed E-state index contributed by atoms with van der Waals surface area (Å²) in [6, 6.07) is 3.58. The first kappa shape index (κ1) is 9.06. The van der Waals surface area contributed by atoms with Gasteiger partial charge in [0, 0.05) is 0 Å². The van der Waals surface area contributed by atoms with Crippen molar-refractivity contribution in [2.24, 2.45) is 0 Å². The Morgan fingerprint density at radius 1 is 1.58 bits per heavy atom. The molecule has 0 radical (unpaired) electrons. The first-order chi connectivity index (χ1) is 5.65. The number of hydrogen-bond acceptors (Lipinski definition) is 3. The zero-order valence-electron chi connectivity index (χ0n) is 6.87. The first-order valence-electron chi connectivity index (χ1n) is 3.40. The zero-order valence-corrected chi connectivity index (χ0v) is 7.68. The maximum Gasteiger partial charge on any atom is 0.354 e. The van der Waals surface area contributed by atoms with Crippen LogP contribution in [0.5, 0.6) is 0 Å². The number of aryl methyl sites for hydroxylation is 1. The number of pyridine rings is 1. The topological polar surface area (TPSA) is 50.2 Å². The van der Waals surface area contributed by atoms with Crippen LogP contribution in [-0.2, 0) is 0 Å². The lowest BCUT2D eigenvalue weighted by molar-refractivity contribution is 0.0689. The van der Waals surface area contributed by atoms with Crippen LogP contribution in [0.2, 0.25) is 0 Å². The monoisotopic (exact) mass is 183 g/mol. The van der Waals surface area contributed by atoms with Gasteiger partial charge in [0.25, 0.3) is 0 Å². The predicted molar refractivity (Wildman–Crippen MR) is 47.7 cm³/mol. The second kappa shape index (κ2) is 3.58. The van der Waals surface area contributed by atoms with Crippen LogP contribution in [0.1, 0.15) is 16.1 Å². The largest absolute Gasteiger partial charge is 0.477 e. The van der Waals surface area contributed by atoms with E-state index < -0.39 is 5.97 Å². The highest BCUT2D eigenvalue weighted by Crippen LogP contribution is 2.14. The molecule has 1 aromatic heterocycles. The van der Waals surface area contributed by atoms with Gasteiger partial charge in [-0.1, -0.05) is 6.07 Å². The van der Waals surface area contributed by atoms with Crippen molar-refractivity contribution in [1.29, 1.82) is 0 Å². The van der Waals surface area contributed by atoms with E-state index in [4.69, 9.17) is 5.11 Å². The van der Waals surface area contributed by atoms with Gasteiger partial charge in [0.2, 0.25) is 0 Å². The van der Waals surface area contributed by atoms with Crippen molar-refractivity contribution in [2.45, 2.75) is 11.9 Å². The highest BCUT2D eigenvalue weighted by Gasteiger charge is 2.08. The lowest BCUT2D eigenvalue weighted by Gasteiger charge is -2.00. The number of nitrogens with zero attached hydrogens (tertiary/aromatic N) is 1. The van der Waals surface area contributed by atoms with E-state index in [1.165, 1.54) is 11.8 Å². The standard InChI is InChI=1S/C8H9NO2S/c1-5-3-4-6(12-2)9-7(5)8(10)11/h3-4H,1-2H3,(H,10,11). The molecule has 0 aliphatic rings. The van der Waals surface area contributed by atoms with Crippen LogP contribution < -0.4 is 0 Å². The number of aromatic carboxylic acids is 1. The molecule has 12 heavy (non-hydrogen) atoms. The van der Waals surface area contributed by atoms with E-state index in [2.05, 4.69) is 4.98 Å². The fraction of sp³-hybridized carbons (Fsp3) is 0.250. The Balaban J connectivity index is 3.17. The van der Waals surface area contributed by atoms with Crippen LogP contribution >= 0.6 is 11.8 Å². The molecule has 0 bridgehead atoms. The van der Waals surface area contributed by atoms with Gasteiger partial charge in [-0.3, -0.25) is 0 Å². The Morgan fingerprint density at radius 3 is 2.75 bits per heavy atom. The molecule has 3 nitrogen and oxygen atoms in total. The van der Waals surface area contributed by atoms with Gasteiger partial charge >= 0.3 is 5.97 Å². The van der Waals surface area contributed by atoms with Gasteiger partial charge in [-0.2, -0.15) is 0 Å². The van der Waals surface area contributed by atoms with Crippen LogP contribution in [0, 0.1) is 6.92 Å². The molecular weight excluding hydrogens is 174 g/mol. The minimum Gasteiger partial charge on any atom is -0.477 e. The third-order valence-electron chi connectivity index (χ3n) is 1.48. The van der Waals surface area contributed by atoms with Crippen LogP contribution in [0.3, 0.4) is 0 Å². The van der Waals surface area contributed by atoms with Gasteiger partial charge < -0.3 is 5.11 Å². The molecule has 0 aromatic carbocycles. The molecule has 0 aliphatic heterocycles. The molecule has 64 valence electrons. The van der Waals surface area contributed by atoms with E-state index in [1.54, 1.807) is 13.0 Å². The number of rotatable bonds is 2. The highest BCUT2D eigenvalue weighted by molar-refractivity contribution is 7.98. The van der Waals surface area contributed by atoms with E-state index in [0.29, 0.717) is 5.56 Å². The third-order valence-corrected chi connectivity index (χ3v) is 2.13. The fourth-order valence-corrected chi connectivity index (χ4v) is 1.23. The number of carboxylic acids is 1. The van der Waals surface area contributed by atoms with Crippen molar-refractivity contribution in [1.82, 2.24) is 4.98 Å². The van der Waals surface area contributed by atoms with Crippen molar-refractivity contribution in [3.63, 3.8) is 0 Å². The van der Waals surface area contributed by atoms with Crippen LogP contribution in [0.25, 0.3) is 0 Å². The average molecular weight is 183 g/mol. The van der Waals surface area contributed by atoms with Crippen LogP contribution in [-0.4, -0.2) is 22.3 Å². The maximum absolute atomic E-state index is 10.6. The summed E-state index contributed by atoms with van der Waals surface area (Å²) in [6.07, 6.45) is 1.86. The summed E-state index contributed by atoms with van der Waals surface area (Å²) < 4.78 is 0. The molecule has 4 heteroatoms. The molecule has 0 unspecified atom stereocenters. The smallest absolute Gasteiger partial charge is 0.354 e. The normalized spacial score (nSPS) is 9.83. The molecule has 1 heterocycles. The predicted octanol–water partition coefficient (Wildman–Crippen LogP) is 1.81. The minimum atomic E-state index is -0.969. The van der Waals surface area contributed by atoms with Crippen molar-refractivity contribution in [3.05, 3.63) is 23.4 Å². The molecule has 0 fully saturated rings. The van der Waals surface area contributed by atoms with Crippen molar-refractivity contribution >= 4 is 17.7 Å². The molecular formula is C8H9NO2S. The van der Waals surface area contributed by atoms with E-state index in [-0.39, 0.29) is 5.69 Å². The van der Waals surface area contributed by atoms with E-state index in [9.17, 15) is 4.79 Å². The van der Waals surface area contributed by atoms with Gasteiger partial charge in [-0.15, -0.1) is 11.8 Å². The van der Waals surface area contributed by atoms with Crippen LogP contribution in [0.15, 0.2) is 17.2 Å². The summed E-state index contributed by atoms with van der Waals surface area (Å²) in [5, 5.41) is 9.45. The zero-order chi connectivity index (χ0) is 9.14. The lowest BCUT2D eigenvalue weighted by Crippen LogP contribution is -2.03. The molecule has 1 aromatic rings. The van der Waals surface area contributed by atoms with E-state index >= 15 is 0 Å². The van der Waals surface area contributed by atoms with Crippen LogP contribution in [0.4, 0.5) is 0 Å². The number of aromatic nitrogens is 1. The van der Waals surface area contributed by atoms with Crippen molar-refractivity contribution in [3.8, 4) is 0 Å². The Hall–Kier alpha value is -1.03. The quantitative estimate of drug-likeness (QED) is 0.710. The van der Waals surface area contributed by atoms with Gasteiger partial charge in [-0.25, -0.2) is 9.78 Å². The molecule has 1 N–H and O–H groups in total.